The molecule has 0 spiro atoms. The Hall–Kier alpha value is -3.21. The zero-order chi connectivity index (χ0) is 24.3. The summed E-state index contributed by atoms with van der Waals surface area (Å²) in [4.78, 5) is 61.7. The minimum absolute atomic E-state index is 0.113. The molecule has 33 heavy (non-hydrogen) atoms. The van der Waals surface area contributed by atoms with E-state index in [-0.39, 0.29) is 40.7 Å². The van der Waals surface area contributed by atoms with Crippen molar-refractivity contribution >= 4 is 46.9 Å². The maximum absolute atomic E-state index is 14.0. The van der Waals surface area contributed by atoms with Gasteiger partial charge in [-0.3, -0.25) is 24.5 Å². The maximum atomic E-state index is 14.0. The minimum atomic E-state index is -1.34. The first-order valence-corrected chi connectivity index (χ1v) is 10.8. The first kappa shape index (κ1) is 24.4. The lowest BCUT2D eigenvalue weighted by molar-refractivity contribution is -0.139. The third-order valence-corrected chi connectivity index (χ3v) is 5.62. The average Bonchev–Trinajstić information content (AvgIpc) is 3.51. The summed E-state index contributed by atoms with van der Waals surface area (Å²) < 4.78 is 19.1. The van der Waals surface area contributed by atoms with E-state index in [1.165, 1.54) is 7.05 Å². The van der Waals surface area contributed by atoms with Crippen LogP contribution in [0.4, 0.5) is 14.9 Å². The Bertz CT molecular complexity index is 999. The van der Waals surface area contributed by atoms with Gasteiger partial charge in [-0.1, -0.05) is 11.6 Å². The van der Waals surface area contributed by atoms with Crippen molar-refractivity contribution in [2.75, 3.05) is 12.4 Å². The number of carbonyl (C=O) groups excluding carboxylic acids is 5. The standard InChI is InChI=1S/C21H24ClFN4O6/c1-9-5-10(18(29)25-9)6-16(17(28)20(31)24-2)26-19(30)12-7-13(22)14(23)8-15(12)27-21(32)33-11-3-4-11/h7-11,16H,3-6H2,1-2H3,(H,24,31)(H,25,29)(H,26,30)(H,27,32)/t9-,10+,16?/m1/s1. The van der Waals surface area contributed by atoms with Crippen molar-refractivity contribution < 1.29 is 33.1 Å². The maximum Gasteiger partial charge on any atom is 0.411 e. The van der Waals surface area contributed by atoms with Gasteiger partial charge < -0.3 is 20.7 Å². The molecule has 1 saturated heterocycles. The molecule has 2 aliphatic rings. The number of nitrogens with one attached hydrogen (secondary N) is 4. The van der Waals surface area contributed by atoms with Crippen molar-refractivity contribution in [3.8, 4) is 0 Å². The molecule has 4 N–H and O–H groups in total. The van der Waals surface area contributed by atoms with Crippen molar-refractivity contribution in [3.63, 3.8) is 0 Å². The Balaban J connectivity index is 1.83. The van der Waals surface area contributed by atoms with Gasteiger partial charge in [0.25, 0.3) is 11.8 Å². The molecular weight excluding hydrogens is 459 g/mol. The number of ether oxygens (including phenoxy) is 1. The number of hydrogen-bond acceptors (Lipinski definition) is 6. The van der Waals surface area contributed by atoms with Gasteiger partial charge in [-0.25, -0.2) is 9.18 Å². The lowest BCUT2D eigenvalue weighted by atomic mass is 9.93. The molecule has 1 aliphatic heterocycles. The highest BCUT2D eigenvalue weighted by molar-refractivity contribution is 6.38. The van der Waals surface area contributed by atoms with E-state index in [1.54, 1.807) is 6.92 Å². The third kappa shape index (κ3) is 6.19. The summed E-state index contributed by atoms with van der Waals surface area (Å²) >= 11 is 5.82. The van der Waals surface area contributed by atoms with Crippen LogP contribution in [-0.4, -0.2) is 54.8 Å². The number of Topliss-reactive ketones (excluding diaryl/α,β-unsaturated/α-hetero) is 1. The second-order valence-electron chi connectivity index (χ2n) is 8.09. The predicted octanol–water partition coefficient (Wildman–Crippen LogP) is 1.52. The number of hydrogen-bond donors (Lipinski definition) is 4. The smallest absolute Gasteiger partial charge is 0.411 e. The van der Waals surface area contributed by atoms with E-state index in [1.807, 2.05) is 0 Å². The number of carbonyl (C=O) groups is 5. The van der Waals surface area contributed by atoms with E-state index in [0.29, 0.717) is 19.3 Å². The van der Waals surface area contributed by atoms with Gasteiger partial charge in [-0.15, -0.1) is 0 Å². The molecule has 1 heterocycles. The van der Waals surface area contributed by atoms with Crippen LogP contribution >= 0.6 is 11.6 Å². The molecule has 1 aliphatic carbocycles. The fraction of sp³-hybridized carbons (Fsp3) is 0.476. The summed E-state index contributed by atoms with van der Waals surface area (Å²) in [6.45, 7) is 1.80. The monoisotopic (exact) mass is 482 g/mol. The molecule has 2 fully saturated rings. The van der Waals surface area contributed by atoms with Crippen LogP contribution in [0.15, 0.2) is 12.1 Å². The zero-order valence-corrected chi connectivity index (χ0v) is 18.8. The van der Waals surface area contributed by atoms with Crippen LogP contribution in [0.5, 0.6) is 0 Å². The van der Waals surface area contributed by atoms with Crippen LogP contribution in [0.3, 0.4) is 0 Å². The molecule has 1 aromatic rings. The average molecular weight is 483 g/mol. The molecule has 1 aromatic carbocycles. The number of likely N-dealkylation sites (N-methyl/N-ethyl adjacent to an activating group) is 1. The van der Waals surface area contributed by atoms with Crippen LogP contribution in [0.1, 0.15) is 43.0 Å². The summed E-state index contributed by atoms with van der Waals surface area (Å²) in [5.74, 6) is -4.57. The van der Waals surface area contributed by atoms with Crippen LogP contribution in [0.25, 0.3) is 0 Å². The Labute approximate surface area is 193 Å². The normalized spacial score (nSPS) is 20.4. The van der Waals surface area contributed by atoms with E-state index in [2.05, 4.69) is 21.3 Å². The van der Waals surface area contributed by atoms with Gasteiger partial charge in [0.05, 0.1) is 22.3 Å². The molecule has 178 valence electrons. The fourth-order valence-corrected chi connectivity index (χ4v) is 3.67. The molecule has 0 bridgehead atoms. The van der Waals surface area contributed by atoms with E-state index in [9.17, 15) is 28.4 Å². The minimum Gasteiger partial charge on any atom is -0.446 e. The summed E-state index contributed by atoms with van der Waals surface area (Å²) in [6, 6.07) is 0.393. The summed E-state index contributed by atoms with van der Waals surface area (Å²) in [6.07, 6.45) is 0.639. The molecule has 3 rings (SSSR count). The number of benzene rings is 1. The first-order valence-electron chi connectivity index (χ1n) is 10.4. The topological polar surface area (TPSA) is 143 Å². The summed E-state index contributed by atoms with van der Waals surface area (Å²) in [5.41, 5.74) is -0.466. The Morgan fingerprint density at radius 2 is 1.97 bits per heavy atom. The first-order chi connectivity index (χ1) is 15.6. The lowest BCUT2D eigenvalue weighted by Gasteiger charge is -2.20. The lowest BCUT2D eigenvalue weighted by Crippen LogP contribution is -2.48. The van der Waals surface area contributed by atoms with E-state index < -0.39 is 41.5 Å². The third-order valence-electron chi connectivity index (χ3n) is 5.33. The number of anilines is 1. The second kappa shape index (κ2) is 10.2. The van der Waals surface area contributed by atoms with Crippen molar-refractivity contribution in [2.45, 2.75) is 50.8 Å². The van der Waals surface area contributed by atoms with Gasteiger partial charge in [0, 0.05) is 19.0 Å². The molecule has 1 unspecified atom stereocenters. The molecule has 12 heteroatoms. The second-order valence-corrected chi connectivity index (χ2v) is 8.50. The van der Waals surface area contributed by atoms with Gasteiger partial charge in [-0.05, 0) is 44.7 Å². The van der Waals surface area contributed by atoms with Crippen molar-refractivity contribution in [2.24, 2.45) is 5.92 Å². The highest BCUT2D eigenvalue weighted by Gasteiger charge is 2.36. The van der Waals surface area contributed by atoms with Crippen LogP contribution in [0.2, 0.25) is 5.02 Å². The highest BCUT2D eigenvalue weighted by Crippen LogP contribution is 2.28. The van der Waals surface area contributed by atoms with Crippen LogP contribution < -0.4 is 21.3 Å². The largest absolute Gasteiger partial charge is 0.446 e. The Morgan fingerprint density at radius 3 is 2.55 bits per heavy atom. The number of ketones is 1. The van der Waals surface area contributed by atoms with Crippen LogP contribution in [0, 0.1) is 11.7 Å². The van der Waals surface area contributed by atoms with Gasteiger partial charge in [0.1, 0.15) is 11.9 Å². The van der Waals surface area contributed by atoms with E-state index in [0.717, 1.165) is 12.1 Å². The van der Waals surface area contributed by atoms with Crippen molar-refractivity contribution in [1.82, 2.24) is 16.0 Å². The molecule has 10 nitrogen and oxygen atoms in total. The molecule has 1 saturated carbocycles. The van der Waals surface area contributed by atoms with E-state index in [4.69, 9.17) is 16.3 Å². The molecular formula is C21H24ClFN4O6. The molecule has 0 aromatic heterocycles. The van der Waals surface area contributed by atoms with Gasteiger partial charge in [0.2, 0.25) is 11.7 Å². The van der Waals surface area contributed by atoms with Gasteiger partial charge >= 0.3 is 6.09 Å². The highest BCUT2D eigenvalue weighted by atomic mass is 35.5. The van der Waals surface area contributed by atoms with E-state index >= 15 is 0 Å². The van der Waals surface area contributed by atoms with Gasteiger partial charge in [-0.2, -0.15) is 0 Å². The SMILES string of the molecule is CNC(=O)C(=O)C(C[C@@H]1C[C@@H](C)NC1=O)NC(=O)c1cc(Cl)c(F)cc1NC(=O)OC1CC1. The summed E-state index contributed by atoms with van der Waals surface area (Å²) in [5, 5.41) is 9.25. The quantitative estimate of drug-likeness (QED) is 0.414. The van der Waals surface area contributed by atoms with Gasteiger partial charge in [0.15, 0.2) is 0 Å². The fourth-order valence-electron chi connectivity index (χ4n) is 3.50. The molecule has 3 atom stereocenters. The Kier molecular flexibility index (Phi) is 7.52. The summed E-state index contributed by atoms with van der Waals surface area (Å²) in [7, 11) is 1.26. The van der Waals surface area contributed by atoms with Crippen molar-refractivity contribution in [3.05, 3.63) is 28.5 Å². The number of rotatable bonds is 8. The zero-order valence-electron chi connectivity index (χ0n) is 18.0. The molecule has 0 radical (unpaired) electrons. The van der Waals surface area contributed by atoms with Crippen LogP contribution in [-0.2, 0) is 19.1 Å². The van der Waals surface area contributed by atoms with Crippen molar-refractivity contribution in [1.29, 1.82) is 0 Å². The Morgan fingerprint density at radius 1 is 1.27 bits per heavy atom. The number of amides is 4. The number of halogens is 2. The molecule has 4 amide bonds. The predicted molar refractivity (Wildman–Crippen MR) is 115 cm³/mol.